The van der Waals surface area contributed by atoms with Gasteiger partial charge in [-0.3, -0.25) is 9.59 Å². The van der Waals surface area contributed by atoms with Gasteiger partial charge in [-0.05, 0) is 53.9 Å². The van der Waals surface area contributed by atoms with E-state index in [9.17, 15) is 14.4 Å². The third-order valence-electron chi connectivity index (χ3n) is 5.36. The van der Waals surface area contributed by atoms with E-state index < -0.39 is 18.0 Å². The fraction of sp³-hybridized carbons (Fsp3) is 0.160. The second kappa shape index (κ2) is 9.24. The van der Waals surface area contributed by atoms with Crippen molar-refractivity contribution in [1.29, 1.82) is 0 Å². The number of amides is 2. The first kappa shape index (κ1) is 21.6. The molecule has 6 nitrogen and oxygen atoms in total. The second-order valence-electron chi connectivity index (χ2n) is 7.52. The number of fused-ring (bicyclic) bond motifs is 1. The van der Waals surface area contributed by atoms with Crippen molar-refractivity contribution in [3.05, 3.63) is 99.6 Å². The maximum atomic E-state index is 12.6. The summed E-state index contributed by atoms with van der Waals surface area (Å²) in [6, 6.07) is 19.5. The molecule has 2 amide bonds. The number of anilines is 1. The monoisotopic (exact) mass is 448 g/mol. The minimum absolute atomic E-state index is 0.198. The fourth-order valence-electron chi connectivity index (χ4n) is 3.59. The van der Waals surface area contributed by atoms with Gasteiger partial charge < -0.3 is 15.4 Å². The summed E-state index contributed by atoms with van der Waals surface area (Å²) in [6.45, 7) is 1.61. The highest BCUT2D eigenvalue weighted by Crippen LogP contribution is 2.31. The Labute approximate surface area is 190 Å². The van der Waals surface area contributed by atoms with E-state index in [4.69, 9.17) is 16.3 Å². The average molecular weight is 449 g/mol. The van der Waals surface area contributed by atoms with Gasteiger partial charge in [-0.15, -0.1) is 0 Å². The van der Waals surface area contributed by atoms with Crippen molar-refractivity contribution >= 4 is 35.1 Å². The maximum absolute atomic E-state index is 12.6. The van der Waals surface area contributed by atoms with Gasteiger partial charge in [0.15, 0.2) is 0 Å². The Morgan fingerprint density at radius 3 is 2.62 bits per heavy atom. The number of rotatable bonds is 5. The van der Waals surface area contributed by atoms with Crippen LogP contribution in [0.1, 0.15) is 43.5 Å². The van der Waals surface area contributed by atoms with E-state index in [1.165, 1.54) is 0 Å². The van der Waals surface area contributed by atoms with Gasteiger partial charge in [0.2, 0.25) is 5.91 Å². The summed E-state index contributed by atoms with van der Waals surface area (Å²) in [5.74, 6) is -1.18. The third-order valence-corrected chi connectivity index (χ3v) is 5.77. The molecule has 1 aliphatic heterocycles. The number of cyclic esters (lactones) is 1. The van der Waals surface area contributed by atoms with E-state index in [2.05, 4.69) is 10.6 Å². The number of nitrogens with one attached hydrogen (secondary N) is 2. The van der Waals surface area contributed by atoms with Crippen LogP contribution in [0.3, 0.4) is 0 Å². The molecule has 0 unspecified atom stereocenters. The molecule has 0 aromatic heterocycles. The molecule has 2 N–H and O–H groups in total. The summed E-state index contributed by atoms with van der Waals surface area (Å²) in [5.41, 5.74) is 3.80. The van der Waals surface area contributed by atoms with Gasteiger partial charge in [-0.25, -0.2) is 4.79 Å². The molecule has 0 fully saturated rings. The Bertz CT molecular complexity index is 1190. The lowest BCUT2D eigenvalue weighted by Gasteiger charge is -2.25. The molecular weight excluding hydrogens is 428 g/mol. The molecular formula is C25H21ClN2O4. The second-order valence-corrected chi connectivity index (χ2v) is 7.93. The highest BCUT2D eigenvalue weighted by atomic mass is 35.5. The molecule has 0 bridgehead atoms. The summed E-state index contributed by atoms with van der Waals surface area (Å²) in [7, 11) is 0. The van der Waals surface area contributed by atoms with E-state index in [0.29, 0.717) is 28.3 Å². The summed E-state index contributed by atoms with van der Waals surface area (Å²) in [5, 5.41) is 5.90. The van der Waals surface area contributed by atoms with Gasteiger partial charge in [0.25, 0.3) is 5.91 Å². The highest BCUT2D eigenvalue weighted by molar-refractivity contribution is 6.31. The molecule has 0 saturated heterocycles. The van der Waals surface area contributed by atoms with Crippen molar-refractivity contribution in [3.8, 4) is 0 Å². The molecule has 0 radical (unpaired) electrons. The van der Waals surface area contributed by atoms with Crippen molar-refractivity contribution in [1.82, 2.24) is 5.32 Å². The molecule has 162 valence electrons. The van der Waals surface area contributed by atoms with Crippen LogP contribution in [0, 0.1) is 6.92 Å². The molecule has 1 atom stereocenters. The zero-order valence-corrected chi connectivity index (χ0v) is 18.1. The standard InChI is InChI=1S/C25H21ClN2O4/c1-15-20(26)8-5-9-21(15)28-23(29)14-27-24(30)17-10-11-19-18(12-17)13-22(32-25(19)31)16-6-3-2-4-7-16/h2-12,22H,13-14H2,1H3,(H,27,30)(H,28,29)/t22-/m0/s1. The molecule has 0 saturated carbocycles. The van der Waals surface area contributed by atoms with E-state index in [1.54, 1.807) is 43.3 Å². The van der Waals surface area contributed by atoms with Crippen LogP contribution in [0.2, 0.25) is 5.02 Å². The first-order valence-corrected chi connectivity index (χ1v) is 10.5. The van der Waals surface area contributed by atoms with Crippen molar-refractivity contribution in [2.75, 3.05) is 11.9 Å². The van der Waals surface area contributed by atoms with Gasteiger partial charge in [0, 0.05) is 22.7 Å². The van der Waals surface area contributed by atoms with Gasteiger partial charge >= 0.3 is 5.97 Å². The average Bonchev–Trinajstić information content (AvgIpc) is 2.80. The first-order valence-electron chi connectivity index (χ1n) is 10.1. The molecule has 4 rings (SSSR count). The number of benzene rings is 3. The van der Waals surface area contributed by atoms with Crippen LogP contribution in [-0.4, -0.2) is 24.3 Å². The fourth-order valence-corrected chi connectivity index (χ4v) is 3.77. The number of hydrogen-bond donors (Lipinski definition) is 2. The molecule has 32 heavy (non-hydrogen) atoms. The Morgan fingerprint density at radius 2 is 1.84 bits per heavy atom. The van der Waals surface area contributed by atoms with Crippen LogP contribution < -0.4 is 10.6 Å². The number of esters is 1. The number of carbonyl (C=O) groups is 3. The number of halogens is 1. The third kappa shape index (κ3) is 4.65. The van der Waals surface area contributed by atoms with Crippen LogP contribution >= 0.6 is 11.6 Å². The van der Waals surface area contributed by atoms with E-state index in [0.717, 1.165) is 16.7 Å². The van der Waals surface area contributed by atoms with Crippen molar-refractivity contribution < 1.29 is 19.1 Å². The summed E-state index contributed by atoms with van der Waals surface area (Å²) in [6.07, 6.45) is 0.0713. The van der Waals surface area contributed by atoms with Crippen LogP contribution in [-0.2, 0) is 16.0 Å². The molecule has 1 aliphatic rings. The largest absolute Gasteiger partial charge is 0.454 e. The summed E-state index contributed by atoms with van der Waals surface area (Å²) in [4.78, 5) is 37.3. The van der Waals surface area contributed by atoms with Crippen LogP contribution in [0.15, 0.2) is 66.7 Å². The molecule has 7 heteroatoms. The lowest BCUT2D eigenvalue weighted by atomic mass is 9.93. The van der Waals surface area contributed by atoms with Crippen molar-refractivity contribution in [2.24, 2.45) is 0 Å². The van der Waals surface area contributed by atoms with Gasteiger partial charge in [-0.2, -0.15) is 0 Å². The minimum atomic E-state index is -0.414. The van der Waals surface area contributed by atoms with Gasteiger partial charge in [-0.1, -0.05) is 48.0 Å². The predicted octanol–water partition coefficient (Wildman–Crippen LogP) is 4.47. The Morgan fingerprint density at radius 1 is 1.06 bits per heavy atom. The Kier molecular flexibility index (Phi) is 6.23. The smallest absolute Gasteiger partial charge is 0.339 e. The first-order chi connectivity index (χ1) is 15.4. The molecule has 3 aromatic rings. The predicted molar refractivity (Wildman–Crippen MR) is 122 cm³/mol. The maximum Gasteiger partial charge on any atom is 0.339 e. The van der Waals surface area contributed by atoms with E-state index in [1.807, 2.05) is 30.3 Å². The van der Waals surface area contributed by atoms with E-state index >= 15 is 0 Å². The lowest BCUT2D eigenvalue weighted by Crippen LogP contribution is -2.33. The number of ether oxygens (including phenoxy) is 1. The van der Waals surface area contributed by atoms with Crippen LogP contribution in [0.25, 0.3) is 0 Å². The van der Waals surface area contributed by atoms with Gasteiger partial charge in [0.05, 0.1) is 12.1 Å². The lowest BCUT2D eigenvalue weighted by molar-refractivity contribution is -0.115. The number of hydrogen-bond acceptors (Lipinski definition) is 4. The van der Waals surface area contributed by atoms with Crippen LogP contribution in [0.4, 0.5) is 5.69 Å². The van der Waals surface area contributed by atoms with Crippen LogP contribution in [0.5, 0.6) is 0 Å². The van der Waals surface area contributed by atoms with E-state index in [-0.39, 0.29) is 12.5 Å². The normalized spacial score (nSPS) is 14.8. The Hall–Kier alpha value is -3.64. The summed E-state index contributed by atoms with van der Waals surface area (Å²) < 4.78 is 5.55. The zero-order chi connectivity index (χ0) is 22.7. The minimum Gasteiger partial charge on any atom is -0.454 e. The van der Waals surface area contributed by atoms with Gasteiger partial charge in [0.1, 0.15) is 6.10 Å². The summed E-state index contributed by atoms with van der Waals surface area (Å²) >= 11 is 6.07. The Balaban J connectivity index is 1.42. The molecule has 3 aromatic carbocycles. The van der Waals surface area contributed by atoms with Crippen molar-refractivity contribution in [3.63, 3.8) is 0 Å². The quantitative estimate of drug-likeness (QED) is 0.564. The molecule has 1 heterocycles. The number of carbonyl (C=O) groups excluding carboxylic acids is 3. The SMILES string of the molecule is Cc1c(Cl)cccc1NC(=O)CNC(=O)c1ccc2c(c1)C[C@@H](c1ccccc1)OC2=O. The zero-order valence-electron chi connectivity index (χ0n) is 17.4. The van der Waals surface area contributed by atoms with Crippen molar-refractivity contribution in [2.45, 2.75) is 19.4 Å². The molecule has 0 aliphatic carbocycles. The highest BCUT2D eigenvalue weighted by Gasteiger charge is 2.28. The topological polar surface area (TPSA) is 84.5 Å². The molecule has 0 spiro atoms.